The van der Waals surface area contributed by atoms with Gasteiger partial charge < -0.3 is 14.9 Å². The zero-order valence-electron chi connectivity index (χ0n) is 19.9. The molecule has 28 heavy (non-hydrogen) atoms. The predicted molar refractivity (Wildman–Crippen MR) is 123 cm³/mol. The molecule has 0 bridgehead atoms. The summed E-state index contributed by atoms with van der Waals surface area (Å²) in [7, 11) is 0. The van der Waals surface area contributed by atoms with E-state index >= 15 is 0 Å². The summed E-state index contributed by atoms with van der Waals surface area (Å²) in [6.07, 6.45) is 17.5. The van der Waals surface area contributed by atoms with Gasteiger partial charge in [-0.3, -0.25) is 0 Å². The summed E-state index contributed by atoms with van der Waals surface area (Å²) in [4.78, 5) is 0. The van der Waals surface area contributed by atoms with Crippen LogP contribution in [-0.2, 0) is 4.74 Å². The predicted octanol–water partition coefficient (Wildman–Crippen LogP) is 7.53. The number of rotatable bonds is 16. The number of hydrogen-bond acceptors (Lipinski definition) is 3. The second-order valence-corrected chi connectivity index (χ2v) is 7.88. The van der Waals surface area contributed by atoms with Crippen LogP contribution in [0.25, 0.3) is 0 Å². The summed E-state index contributed by atoms with van der Waals surface area (Å²) < 4.78 is 5.61. The number of allylic oxidation sites excluding steroid dienone is 2. The van der Waals surface area contributed by atoms with Gasteiger partial charge in [-0.2, -0.15) is 0 Å². The molecule has 0 aromatic carbocycles. The Morgan fingerprint density at radius 3 is 1.43 bits per heavy atom. The molecular weight excluding hydrogens is 348 g/mol. The Hall–Kier alpha value is -0.800. The Morgan fingerprint density at radius 2 is 1.14 bits per heavy atom. The summed E-state index contributed by atoms with van der Waals surface area (Å²) in [5.41, 5.74) is 2.64. The maximum atomic E-state index is 9.04. The second kappa shape index (κ2) is 20.9. The van der Waals surface area contributed by atoms with E-state index in [4.69, 9.17) is 14.9 Å². The first-order valence-electron chi connectivity index (χ1n) is 11.8. The molecule has 0 saturated heterocycles. The third-order valence-electron chi connectivity index (χ3n) is 5.56. The van der Waals surface area contributed by atoms with E-state index in [1.807, 2.05) is 19.4 Å². The molecule has 3 heteroatoms. The Kier molecular flexibility index (Phi) is 22.0. The fourth-order valence-electron chi connectivity index (χ4n) is 2.83. The van der Waals surface area contributed by atoms with Crippen molar-refractivity contribution in [3.05, 3.63) is 23.7 Å². The Labute approximate surface area is 176 Å². The SMILES string of the molecule is CCCCC(=COC=C(CC)CCCC)CC.CCCCC(CC)(CO)CO. The lowest BCUT2D eigenvalue weighted by atomic mass is 9.82. The van der Waals surface area contributed by atoms with Crippen molar-refractivity contribution in [3.8, 4) is 0 Å². The van der Waals surface area contributed by atoms with Crippen molar-refractivity contribution in [1.82, 2.24) is 0 Å². The van der Waals surface area contributed by atoms with Crippen LogP contribution in [-0.4, -0.2) is 23.4 Å². The minimum atomic E-state index is -0.212. The van der Waals surface area contributed by atoms with E-state index in [2.05, 4.69) is 34.6 Å². The van der Waals surface area contributed by atoms with Crippen LogP contribution in [0.1, 0.15) is 119 Å². The molecule has 0 radical (unpaired) electrons. The molecule has 0 spiro atoms. The van der Waals surface area contributed by atoms with Gasteiger partial charge in [-0.1, -0.05) is 67.2 Å². The highest BCUT2D eigenvalue weighted by molar-refractivity contribution is 5.01. The minimum Gasteiger partial charge on any atom is -0.473 e. The molecule has 2 N–H and O–H groups in total. The van der Waals surface area contributed by atoms with Crippen LogP contribution in [0, 0.1) is 5.41 Å². The molecule has 0 unspecified atom stereocenters. The molecule has 0 aromatic heterocycles. The number of aliphatic hydroxyl groups is 2. The van der Waals surface area contributed by atoms with Gasteiger partial charge in [0.15, 0.2) is 0 Å². The largest absolute Gasteiger partial charge is 0.473 e. The van der Waals surface area contributed by atoms with Gasteiger partial charge in [0.05, 0.1) is 25.7 Å². The second-order valence-electron chi connectivity index (χ2n) is 7.88. The summed E-state index contributed by atoms with van der Waals surface area (Å²) in [6.45, 7) is 13.2. The highest BCUT2D eigenvalue weighted by Gasteiger charge is 2.25. The fourth-order valence-corrected chi connectivity index (χ4v) is 2.83. The monoisotopic (exact) mass is 398 g/mol. The van der Waals surface area contributed by atoms with Gasteiger partial charge in [-0.25, -0.2) is 0 Å². The topological polar surface area (TPSA) is 49.7 Å². The van der Waals surface area contributed by atoms with Gasteiger partial charge in [-0.15, -0.1) is 0 Å². The molecule has 0 aliphatic rings. The third kappa shape index (κ3) is 15.2. The zero-order valence-corrected chi connectivity index (χ0v) is 19.9. The van der Waals surface area contributed by atoms with Crippen molar-refractivity contribution in [2.45, 2.75) is 119 Å². The summed E-state index contributed by atoms with van der Waals surface area (Å²) in [5.74, 6) is 0. The van der Waals surface area contributed by atoms with Crippen molar-refractivity contribution >= 4 is 0 Å². The molecule has 0 saturated carbocycles. The fraction of sp³-hybridized carbons (Fsp3) is 0.840. The van der Waals surface area contributed by atoms with Crippen LogP contribution >= 0.6 is 0 Å². The van der Waals surface area contributed by atoms with E-state index in [1.54, 1.807) is 0 Å². The van der Waals surface area contributed by atoms with E-state index in [0.29, 0.717) is 0 Å². The van der Waals surface area contributed by atoms with E-state index in [9.17, 15) is 0 Å². The van der Waals surface area contributed by atoms with Crippen molar-refractivity contribution in [1.29, 1.82) is 0 Å². The molecule has 0 aliphatic heterocycles. The first kappa shape index (κ1) is 29.4. The van der Waals surface area contributed by atoms with Crippen LogP contribution in [0.4, 0.5) is 0 Å². The summed E-state index contributed by atoms with van der Waals surface area (Å²) >= 11 is 0. The first-order chi connectivity index (χ1) is 13.5. The highest BCUT2D eigenvalue weighted by atomic mass is 16.5. The van der Waals surface area contributed by atoms with E-state index in [0.717, 1.165) is 38.5 Å². The van der Waals surface area contributed by atoms with Crippen LogP contribution in [0.5, 0.6) is 0 Å². The molecule has 0 aliphatic carbocycles. The lowest BCUT2D eigenvalue weighted by molar-refractivity contribution is 0.0420. The van der Waals surface area contributed by atoms with Crippen molar-refractivity contribution in [3.63, 3.8) is 0 Å². The van der Waals surface area contributed by atoms with Crippen LogP contribution < -0.4 is 0 Å². The van der Waals surface area contributed by atoms with Crippen LogP contribution in [0.2, 0.25) is 0 Å². The number of hydrogen-bond donors (Lipinski definition) is 2. The van der Waals surface area contributed by atoms with Gasteiger partial charge in [0, 0.05) is 5.41 Å². The van der Waals surface area contributed by atoms with E-state index in [-0.39, 0.29) is 18.6 Å². The molecule has 0 aromatic rings. The number of ether oxygens (including phenoxy) is 1. The summed E-state index contributed by atoms with van der Waals surface area (Å²) in [5, 5.41) is 18.1. The standard InChI is InChI=1S/C16H30O.C9H20O2/c1-5-9-11-15(7-3)13-17-14-16(8-4)12-10-6-2;1-3-5-6-9(4-2,7-10)8-11/h13-14H,5-12H2,1-4H3;10-11H,3-8H2,1-2H3. The normalized spacial score (nSPS) is 12.6. The maximum Gasteiger partial charge on any atom is 0.0893 e. The van der Waals surface area contributed by atoms with Gasteiger partial charge in [0.25, 0.3) is 0 Å². The third-order valence-corrected chi connectivity index (χ3v) is 5.56. The lowest BCUT2D eigenvalue weighted by Gasteiger charge is -2.27. The van der Waals surface area contributed by atoms with Gasteiger partial charge >= 0.3 is 0 Å². The highest BCUT2D eigenvalue weighted by Crippen LogP contribution is 2.27. The average molecular weight is 399 g/mol. The Balaban J connectivity index is 0. The van der Waals surface area contributed by atoms with E-state index < -0.39 is 0 Å². The Bertz CT molecular complexity index is 349. The molecule has 168 valence electrons. The maximum absolute atomic E-state index is 9.04. The first-order valence-corrected chi connectivity index (χ1v) is 11.8. The molecule has 0 atom stereocenters. The number of aliphatic hydroxyl groups excluding tert-OH is 2. The molecule has 3 nitrogen and oxygen atoms in total. The zero-order chi connectivity index (χ0) is 21.7. The van der Waals surface area contributed by atoms with Crippen LogP contribution in [0.3, 0.4) is 0 Å². The molecule has 0 rings (SSSR count). The van der Waals surface area contributed by atoms with Crippen molar-refractivity contribution < 1.29 is 14.9 Å². The van der Waals surface area contributed by atoms with Gasteiger partial charge in [-0.05, 0) is 62.5 Å². The average Bonchev–Trinajstić information content (AvgIpc) is 2.74. The summed E-state index contributed by atoms with van der Waals surface area (Å²) in [6, 6.07) is 0. The van der Waals surface area contributed by atoms with E-state index in [1.165, 1.54) is 49.7 Å². The quantitative estimate of drug-likeness (QED) is 0.264. The number of unbranched alkanes of at least 4 members (excludes halogenated alkanes) is 3. The van der Waals surface area contributed by atoms with Crippen molar-refractivity contribution in [2.75, 3.05) is 13.2 Å². The Morgan fingerprint density at radius 1 is 0.714 bits per heavy atom. The van der Waals surface area contributed by atoms with Crippen molar-refractivity contribution in [2.24, 2.45) is 5.41 Å². The molecule has 0 amide bonds. The molecule has 0 heterocycles. The van der Waals surface area contributed by atoms with Gasteiger partial charge in [0.2, 0.25) is 0 Å². The molecular formula is C25H50O3. The lowest BCUT2D eigenvalue weighted by Crippen LogP contribution is -2.28. The van der Waals surface area contributed by atoms with Gasteiger partial charge in [0.1, 0.15) is 0 Å². The minimum absolute atomic E-state index is 0.111. The van der Waals surface area contributed by atoms with Crippen LogP contribution in [0.15, 0.2) is 23.7 Å². The molecule has 0 fully saturated rings. The smallest absolute Gasteiger partial charge is 0.0893 e.